The lowest BCUT2D eigenvalue weighted by Gasteiger charge is -2.12. The molecule has 0 atom stereocenters. The molecule has 0 saturated carbocycles. The van der Waals surface area contributed by atoms with Crippen molar-refractivity contribution < 1.29 is 23.5 Å². The molecular weight excluding hydrogens is 406 g/mol. The van der Waals surface area contributed by atoms with Gasteiger partial charge in [0, 0.05) is 22.4 Å². The van der Waals surface area contributed by atoms with E-state index in [4.69, 9.17) is 13.9 Å². The number of amides is 1. The van der Waals surface area contributed by atoms with Gasteiger partial charge in [0.15, 0.2) is 0 Å². The Hall–Kier alpha value is -3.13. The maximum absolute atomic E-state index is 13.1. The second kappa shape index (κ2) is 8.31. The Morgan fingerprint density at radius 3 is 2.77 bits per heavy atom. The number of hydrogen-bond acceptors (Lipinski definition) is 7. The number of anilines is 1. The number of benzene rings is 1. The van der Waals surface area contributed by atoms with E-state index in [0.717, 1.165) is 42.2 Å². The van der Waals surface area contributed by atoms with Gasteiger partial charge in [0.25, 0.3) is 5.91 Å². The first-order valence-corrected chi connectivity index (χ1v) is 10.6. The first kappa shape index (κ1) is 20.2. The van der Waals surface area contributed by atoms with Crippen molar-refractivity contribution in [3.05, 3.63) is 56.3 Å². The highest BCUT2D eigenvalue weighted by Gasteiger charge is 2.27. The molecule has 156 valence electrons. The summed E-state index contributed by atoms with van der Waals surface area (Å²) in [5, 5.41) is 3.76. The number of methoxy groups -OCH3 is 1. The standard InChI is InChI=1S/C22H21NO6S/c1-3-28-12-8-9-13-15(11-18(24)29-16(13)10-12)20(25)23-21-19(22(26)27-2)14-6-4-5-7-17(14)30-21/h8-11H,3-7H2,1-2H3,(H,23,25). The number of aryl methyl sites for hydroxylation is 1. The van der Waals surface area contributed by atoms with Crippen molar-refractivity contribution in [3.63, 3.8) is 0 Å². The van der Waals surface area contributed by atoms with Gasteiger partial charge in [-0.05, 0) is 50.3 Å². The summed E-state index contributed by atoms with van der Waals surface area (Å²) in [6.07, 6.45) is 3.70. The number of fused-ring (bicyclic) bond motifs is 2. The van der Waals surface area contributed by atoms with E-state index in [9.17, 15) is 14.4 Å². The van der Waals surface area contributed by atoms with Gasteiger partial charge in [-0.3, -0.25) is 4.79 Å². The largest absolute Gasteiger partial charge is 0.494 e. The average Bonchev–Trinajstić information content (AvgIpc) is 3.10. The number of ether oxygens (including phenoxy) is 2. The summed E-state index contributed by atoms with van der Waals surface area (Å²) in [6, 6.07) is 6.13. The second-order valence-corrected chi connectivity index (χ2v) is 8.04. The Morgan fingerprint density at radius 2 is 2.00 bits per heavy atom. The monoisotopic (exact) mass is 427 g/mol. The van der Waals surface area contributed by atoms with Crippen LogP contribution in [0.2, 0.25) is 0 Å². The number of nitrogens with one attached hydrogen (secondary N) is 1. The fraction of sp³-hybridized carbons (Fsp3) is 0.318. The molecule has 0 spiro atoms. The van der Waals surface area contributed by atoms with Crippen molar-refractivity contribution in [3.8, 4) is 5.75 Å². The van der Waals surface area contributed by atoms with Gasteiger partial charge in [0.1, 0.15) is 16.3 Å². The molecule has 0 radical (unpaired) electrons. The molecule has 0 bridgehead atoms. The van der Waals surface area contributed by atoms with Gasteiger partial charge < -0.3 is 19.2 Å². The van der Waals surface area contributed by atoms with Crippen LogP contribution >= 0.6 is 11.3 Å². The molecule has 3 aromatic rings. The molecule has 2 aromatic heterocycles. The van der Waals surface area contributed by atoms with Crippen LogP contribution in [0.5, 0.6) is 5.75 Å². The number of carbonyl (C=O) groups is 2. The molecule has 4 rings (SSSR count). The minimum Gasteiger partial charge on any atom is -0.494 e. The fourth-order valence-corrected chi connectivity index (χ4v) is 5.00. The Balaban J connectivity index is 1.74. The molecule has 0 saturated heterocycles. The van der Waals surface area contributed by atoms with Crippen LogP contribution in [-0.2, 0) is 17.6 Å². The zero-order valence-corrected chi connectivity index (χ0v) is 17.5. The van der Waals surface area contributed by atoms with Crippen LogP contribution in [0.4, 0.5) is 5.00 Å². The minimum absolute atomic E-state index is 0.173. The SMILES string of the molecule is CCOc1ccc2c(C(=O)Nc3sc4c(c3C(=O)OC)CCCC4)cc(=O)oc2c1. The molecule has 0 unspecified atom stereocenters. The third-order valence-corrected chi connectivity index (χ3v) is 6.27. The van der Waals surface area contributed by atoms with Crippen molar-refractivity contribution >= 4 is 39.2 Å². The fourth-order valence-electron chi connectivity index (χ4n) is 3.73. The van der Waals surface area contributed by atoms with E-state index in [2.05, 4.69) is 5.32 Å². The predicted molar refractivity (Wildman–Crippen MR) is 114 cm³/mol. The third kappa shape index (κ3) is 3.70. The molecule has 1 amide bonds. The van der Waals surface area contributed by atoms with E-state index in [0.29, 0.717) is 28.3 Å². The molecule has 7 nitrogen and oxygen atoms in total. The molecule has 1 aromatic carbocycles. The van der Waals surface area contributed by atoms with Gasteiger partial charge >= 0.3 is 11.6 Å². The summed E-state index contributed by atoms with van der Waals surface area (Å²) in [5.41, 5.74) is 1.16. The molecule has 1 aliphatic rings. The van der Waals surface area contributed by atoms with Crippen molar-refractivity contribution in [2.24, 2.45) is 0 Å². The molecule has 2 heterocycles. The Bertz CT molecular complexity index is 1190. The first-order valence-electron chi connectivity index (χ1n) is 9.76. The molecule has 8 heteroatoms. The summed E-state index contributed by atoms with van der Waals surface area (Å²) in [4.78, 5) is 38.6. The topological polar surface area (TPSA) is 94.8 Å². The van der Waals surface area contributed by atoms with Gasteiger partial charge in [-0.15, -0.1) is 11.3 Å². The lowest BCUT2D eigenvalue weighted by molar-refractivity contribution is 0.0601. The van der Waals surface area contributed by atoms with Crippen LogP contribution in [0.25, 0.3) is 11.0 Å². The minimum atomic E-state index is -0.639. The van der Waals surface area contributed by atoms with Crippen LogP contribution in [-0.4, -0.2) is 25.6 Å². The lowest BCUT2D eigenvalue weighted by atomic mass is 9.95. The molecule has 0 fully saturated rings. The van der Waals surface area contributed by atoms with E-state index in [1.54, 1.807) is 18.2 Å². The summed E-state index contributed by atoms with van der Waals surface area (Å²) >= 11 is 1.39. The maximum atomic E-state index is 13.1. The van der Waals surface area contributed by atoms with Crippen LogP contribution in [0.1, 0.15) is 50.9 Å². The Kier molecular flexibility index (Phi) is 5.59. The van der Waals surface area contributed by atoms with Gasteiger partial charge in [0.2, 0.25) is 0 Å². The number of rotatable bonds is 5. The Morgan fingerprint density at radius 1 is 1.20 bits per heavy atom. The number of hydrogen-bond donors (Lipinski definition) is 1. The molecule has 30 heavy (non-hydrogen) atoms. The van der Waals surface area contributed by atoms with E-state index >= 15 is 0 Å². The van der Waals surface area contributed by atoms with E-state index in [1.807, 2.05) is 6.92 Å². The van der Waals surface area contributed by atoms with E-state index in [1.165, 1.54) is 18.4 Å². The van der Waals surface area contributed by atoms with E-state index in [-0.39, 0.29) is 11.1 Å². The van der Waals surface area contributed by atoms with Gasteiger partial charge in [-0.2, -0.15) is 0 Å². The first-order chi connectivity index (χ1) is 14.5. The van der Waals surface area contributed by atoms with Gasteiger partial charge in [0.05, 0.1) is 24.8 Å². The molecule has 1 N–H and O–H groups in total. The summed E-state index contributed by atoms with van der Waals surface area (Å²) < 4.78 is 15.6. The number of thiophene rings is 1. The lowest BCUT2D eigenvalue weighted by Crippen LogP contribution is -2.17. The smallest absolute Gasteiger partial charge is 0.341 e. The molecular formula is C22H21NO6S. The van der Waals surface area contributed by atoms with Crippen molar-refractivity contribution in [1.29, 1.82) is 0 Å². The second-order valence-electron chi connectivity index (χ2n) is 6.93. The highest BCUT2D eigenvalue weighted by Crippen LogP contribution is 2.39. The van der Waals surface area contributed by atoms with Crippen LogP contribution in [0, 0.1) is 0 Å². The average molecular weight is 427 g/mol. The highest BCUT2D eigenvalue weighted by molar-refractivity contribution is 7.17. The molecule has 1 aliphatic carbocycles. The molecule has 0 aliphatic heterocycles. The zero-order valence-electron chi connectivity index (χ0n) is 16.7. The van der Waals surface area contributed by atoms with E-state index < -0.39 is 17.5 Å². The number of carbonyl (C=O) groups excluding carboxylic acids is 2. The Labute approximate surface area is 176 Å². The van der Waals surface area contributed by atoms with Crippen molar-refractivity contribution in [2.75, 3.05) is 19.0 Å². The van der Waals surface area contributed by atoms with Gasteiger partial charge in [-0.1, -0.05) is 0 Å². The normalized spacial score (nSPS) is 13.0. The maximum Gasteiger partial charge on any atom is 0.341 e. The van der Waals surface area contributed by atoms with Crippen LogP contribution < -0.4 is 15.7 Å². The van der Waals surface area contributed by atoms with Crippen molar-refractivity contribution in [2.45, 2.75) is 32.6 Å². The predicted octanol–water partition coefficient (Wildman–Crippen LogP) is 4.17. The highest BCUT2D eigenvalue weighted by atomic mass is 32.1. The summed E-state index contributed by atoms with van der Waals surface area (Å²) in [6.45, 7) is 2.32. The van der Waals surface area contributed by atoms with Crippen LogP contribution in [0.3, 0.4) is 0 Å². The van der Waals surface area contributed by atoms with Gasteiger partial charge in [-0.25, -0.2) is 9.59 Å². The third-order valence-electron chi connectivity index (χ3n) is 5.06. The summed E-state index contributed by atoms with van der Waals surface area (Å²) in [5.74, 6) is -0.408. The number of esters is 1. The summed E-state index contributed by atoms with van der Waals surface area (Å²) in [7, 11) is 1.33. The zero-order chi connectivity index (χ0) is 21.3. The van der Waals surface area contributed by atoms with Crippen LogP contribution in [0.15, 0.2) is 33.5 Å². The van der Waals surface area contributed by atoms with Crippen molar-refractivity contribution in [1.82, 2.24) is 0 Å². The quantitative estimate of drug-likeness (QED) is 0.485.